The Labute approximate surface area is 153 Å². The summed E-state index contributed by atoms with van der Waals surface area (Å²) < 4.78 is 28.8. The molecule has 0 aliphatic carbocycles. The van der Waals surface area contributed by atoms with E-state index in [-0.39, 0.29) is 15.8 Å². The fraction of sp³-hybridized carbons (Fsp3) is 0.0909. The minimum atomic E-state index is -3.71. The molecule has 2 aromatic rings. The van der Waals surface area contributed by atoms with E-state index in [1.165, 1.54) is 0 Å². The summed E-state index contributed by atoms with van der Waals surface area (Å²) in [7, 11) is -3.71. The van der Waals surface area contributed by atoms with E-state index < -0.39 is 10.0 Å². The summed E-state index contributed by atoms with van der Waals surface area (Å²) >= 11 is 18.1. The van der Waals surface area contributed by atoms with Crippen LogP contribution in [0.4, 0.5) is 0 Å². The van der Waals surface area contributed by atoms with E-state index in [1.807, 2.05) is 24.3 Å². The van der Waals surface area contributed by atoms with Crippen LogP contribution >= 0.6 is 73.1 Å². The van der Waals surface area contributed by atoms with Gasteiger partial charge in [-0.05, 0) is 56.2 Å². The van der Waals surface area contributed by atoms with Crippen molar-refractivity contribution in [1.82, 2.24) is 4.72 Å². The molecule has 0 atom stereocenters. The predicted molar refractivity (Wildman–Crippen MR) is 95.2 cm³/mol. The van der Waals surface area contributed by atoms with E-state index in [4.69, 9.17) is 23.2 Å². The maximum atomic E-state index is 12.2. The topological polar surface area (TPSA) is 46.2 Å². The van der Waals surface area contributed by atoms with Crippen molar-refractivity contribution in [2.24, 2.45) is 0 Å². The smallest absolute Gasteiger partial charge is 0.207 e. The highest BCUT2D eigenvalue weighted by atomic mass is 127. The van der Waals surface area contributed by atoms with Crippen molar-refractivity contribution in [3.63, 3.8) is 0 Å². The van der Waals surface area contributed by atoms with Crippen LogP contribution in [0.15, 0.2) is 33.6 Å². The van der Waals surface area contributed by atoms with Gasteiger partial charge in [0.1, 0.15) is 13.6 Å². The first-order chi connectivity index (χ1) is 9.31. The molecule has 3 nitrogen and oxygen atoms in total. The van der Waals surface area contributed by atoms with Crippen LogP contribution in [0.5, 0.6) is 0 Å². The summed E-state index contributed by atoms with van der Waals surface area (Å²) in [4.78, 5) is -0.0142. The lowest BCUT2D eigenvalue weighted by Crippen LogP contribution is -2.23. The standard InChI is InChI=1S/C11H7BrCl2INO2S2/c12-8-9(11(14)19-10(8)13)20(17,18)16-5-6-1-3-7(15)4-2-6/h1-4,16H,5H2. The third kappa shape index (κ3) is 3.88. The Hall–Kier alpha value is 0.620. The van der Waals surface area contributed by atoms with E-state index in [0.29, 0.717) is 8.81 Å². The number of sulfonamides is 1. The molecule has 1 N–H and O–H groups in total. The average Bonchev–Trinajstić information content (AvgIpc) is 2.63. The Kier molecular flexibility index (Phi) is 5.78. The van der Waals surface area contributed by atoms with Crippen LogP contribution < -0.4 is 4.72 Å². The van der Waals surface area contributed by atoms with E-state index in [2.05, 4.69) is 43.2 Å². The van der Waals surface area contributed by atoms with Crippen LogP contribution in [-0.2, 0) is 16.6 Å². The Morgan fingerprint density at radius 2 is 1.80 bits per heavy atom. The lowest BCUT2D eigenvalue weighted by atomic mass is 10.2. The van der Waals surface area contributed by atoms with Crippen molar-refractivity contribution in [3.8, 4) is 0 Å². The van der Waals surface area contributed by atoms with E-state index >= 15 is 0 Å². The third-order valence-electron chi connectivity index (χ3n) is 2.38. The highest BCUT2D eigenvalue weighted by molar-refractivity contribution is 14.1. The zero-order chi connectivity index (χ0) is 14.9. The minimum absolute atomic E-state index is 0.0142. The van der Waals surface area contributed by atoms with Gasteiger partial charge in [-0.25, -0.2) is 13.1 Å². The molecule has 0 radical (unpaired) electrons. The van der Waals surface area contributed by atoms with Crippen molar-refractivity contribution in [1.29, 1.82) is 0 Å². The van der Waals surface area contributed by atoms with Crippen molar-refractivity contribution < 1.29 is 8.42 Å². The van der Waals surface area contributed by atoms with Gasteiger partial charge in [-0.3, -0.25) is 0 Å². The Bertz CT molecular complexity index is 732. The number of rotatable bonds is 4. The first-order valence-electron chi connectivity index (χ1n) is 5.18. The van der Waals surface area contributed by atoms with Crippen LogP contribution in [0.2, 0.25) is 8.67 Å². The predicted octanol–water partition coefficient (Wildman–Crippen LogP) is 4.90. The van der Waals surface area contributed by atoms with Crippen molar-refractivity contribution >= 4 is 83.1 Å². The van der Waals surface area contributed by atoms with Crippen molar-refractivity contribution in [3.05, 3.63) is 46.5 Å². The number of benzene rings is 1. The molecule has 0 saturated carbocycles. The van der Waals surface area contributed by atoms with Crippen LogP contribution in [0.3, 0.4) is 0 Å². The second-order valence-corrected chi connectivity index (χ2v) is 9.71. The number of hydrogen-bond donors (Lipinski definition) is 1. The molecule has 0 bridgehead atoms. The third-order valence-corrected chi connectivity index (χ3v) is 7.96. The molecule has 1 heterocycles. The summed E-state index contributed by atoms with van der Waals surface area (Å²) in [5.41, 5.74) is 0.863. The molecule has 0 spiro atoms. The summed E-state index contributed by atoms with van der Waals surface area (Å²) in [6, 6.07) is 7.55. The summed E-state index contributed by atoms with van der Waals surface area (Å²) in [5, 5.41) is 0. The van der Waals surface area contributed by atoms with Crippen LogP contribution in [0.1, 0.15) is 5.56 Å². The normalized spacial score (nSPS) is 11.8. The first kappa shape index (κ1) is 17.0. The fourth-order valence-corrected chi connectivity index (χ4v) is 6.35. The zero-order valence-corrected chi connectivity index (χ0v) is 16.5. The largest absolute Gasteiger partial charge is 0.244 e. The van der Waals surface area contributed by atoms with E-state index in [0.717, 1.165) is 20.5 Å². The van der Waals surface area contributed by atoms with Crippen LogP contribution in [0, 0.1) is 3.57 Å². The molecule has 0 unspecified atom stereocenters. The molecule has 108 valence electrons. The maximum Gasteiger partial charge on any atom is 0.244 e. The van der Waals surface area contributed by atoms with E-state index in [1.54, 1.807) is 0 Å². The van der Waals surface area contributed by atoms with Gasteiger partial charge < -0.3 is 0 Å². The lowest BCUT2D eigenvalue weighted by Gasteiger charge is -2.07. The fourth-order valence-electron chi connectivity index (χ4n) is 1.42. The molecular weight excluding hydrogens is 520 g/mol. The van der Waals surface area contributed by atoms with Gasteiger partial charge in [0.15, 0.2) is 0 Å². The summed E-state index contributed by atoms with van der Waals surface area (Å²) in [5.74, 6) is 0. The second kappa shape index (κ2) is 6.80. The van der Waals surface area contributed by atoms with Crippen molar-refractivity contribution in [2.45, 2.75) is 11.4 Å². The number of thiophene rings is 1. The summed E-state index contributed by atoms with van der Waals surface area (Å²) in [6.07, 6.45) is 0. The molecule has 0 fully saturated rings. The molecule has 0 aliphatic heterocycles. The van der Waals surface area contributed by atoms with Gasteiger partial charge in [0, 0.05) is 10.1 Å². The number of hydrogen-bond acceptors (Lipinski definition) is 3. The van der Waals surface area contributed by atoms with E-state index in [9.17, 15) is 8.42 Å². The molecule has 0 amide bonds. The van der Waals surface area contributed by atoms with Crippen LogP contribution in [0.25, 0.3) is 0 Å². The first-order valence-corrected chi connectivity index (χ1v) is 10.1. The molecule has 0 aliphatic rings. The SMILES string of the molecule is O=S(=O)(NCc1ccc(I)cc1)c1c(Cl)sc(Cl)c1Br. The molecule has 2 rings (SSSR count). The second-order valence-electron chi connectivity index (χ2n) is 3.74. The highest BCUT2D eigenvalue weighted by Crippen LogP contribution is 2.42. The number of nitrogens with one attached hydrogen (secondary N) is 1. The highest BCUT2D eigenvalue weighted by Gasteiger charge is 2.25. The zero-order valence-electron chi connectivity index (χ0n) is 9.66. The Balaban J connectivity index is 2.21. The lowest BCUT2D eigenvalue weighted by molar-refractivity contribution is 0.581. The van der Waals surface area contributed by atoms with Gasteiger partial charge in [0.05, 0.1) is 4.47 Å². The molecular formula is C11H7BrCl2INO2S2. The summed E-state index contributed by atoms with van der Waals surface area (Å²) in [6.45, 7) is 0.190. The number of halogens is 4. The van der Waals surface area contributed by atoms with Crippen molar-refractivity contribution in [2.75, 3.05) is 0 Å². The molecule has 0 saturated heterocycles. The Morgan fingerprint density at radius 3 is 2.30 bits per heavy atom. The minimum Gasteiger partial charge on any atom is -0.207 e. The van der Waals surface area contributed by atoms with Gasteiger partial charge in [-0.2, -0.15) is 0 Å². The average molecular weight is 527 g/mol. The molecule has 1 aromatic carbocycles. The monoisotopic (exact) mass is 525 g/mol. The van der Waals surface area contributed by atoms with Gasteiger partial charge in [-0.15, -0.1) is 11.3 Å². The quantitative estimate of drug-likeness (QED) is 0.576. The molecule has 20 heavy (non-hydrogen) atoms. The van der Waals surface area contributed by atoms with Gasteiger partial charge in [0.2, 0.25) is 10.0 Å². The van der Waals surface area contributed by atoms with Gasteiger partial charge >= 0.3 is 0 Å². The maximum absolute atomic E-state index is 12.2. The molecule has 1 aromatic heterocycles. The van der Waals surface area contributed by atoms with Crippen LogP contribution in [-0.4, -0.2) is 8.42 Å². The van der Waals surface area contributed by atoms with Gasteiger partial charge in [-0.1, -0.05) is 35.3 Å². The Morgan fingerprint density at radius 1 is 1.20 bits per heavy atom. The molecule has 9 heteroatoms. The van der Waals surface area contributed by atoms with Gasteiger partial charge in [0.25, 0.3) is 0 Å².